The van der Waals surface area contributed by atoms with E-state index in [1.165, 1.54) is 0 Å². The lowest BCUT2D eigenvalue weighted by molar-refractivity contribution is 0.860. The maximum Gasteiger partial charge on any atom is 0.105 e. The van der Waals surface area contributed by atoms with Gasteiger partial charge in [0.15, 0.2) is 0 Å². The molecule has 2 N–H and O–H groups in total. The maximum atomic E-state index is 5.54. The van der Waals surface area contributed by atoms with Crippen molar-refractivity contribution in [1.29, 1.82) is 0 Å². The molecule has 0 bridgehead atoms. The van der Waals surface area contributed by atoms with E-state index in [1.54, 1.807) is 12.4 Å². The largest absolute Gasteiger partial charge is 0.389 e. The normalized spacial score (nSPS) is 10.2. The van der Waals surface area contributed by atoms with Crippen LogP contribution in [0.2, 0.25) is 0 Å². The summed E-state index contributed by atoms with van der Waals surface area (Å²) in [6.45, 7) is 4.22. The van der Waals surface area contributed by atoms with Crippen LogP contribution in [0.5, 0.6) is 0 Å². The second-order valence-electron chi connectivity index (χ2n) is 2.98. The van der Waals surface area contributed by atoms with Gasteiger partial charge in [0.2, 0.25) is 0 Å². The van der Waals surface area contributed by atoms with Crippen LogP contribution in [0.25, 0.3) is 0 Å². The number of hydrogen-bond donors (Lipinski definition) is 1. The van der Waals surface area contributed by atoms with Crippen LogP contribution in [-0.2, 0) is 0 Å². The third kappa shape index (κ3) is 1.80. The lowest BCUT2D eigenvalue weighted by atomic mass is 9.99. The van der Waals surface area contributed by atoms with Crippen molar-refractivity contribution in [2.24, 2.45) is 5.73 Å². The first-order valence-corrected chi connectivity index (χ1v) is 4.27. The predicted molar refractivity (Wildman–Crippen MR) is 54.2 cm³/mol. The first-order chi connectivity index (χ1) is 5.63. The van der Waals surface area contributed by atoms with Gasteiger partial charge in [-0.2, -0.15) is 0 Å². The Morgan fingerprint density at radius 3 is 2.67 bits per heavy atom. The molecule has 0 aliphatic heterocycles. The molecule has 0 saturated heterocycles. The van der Waals surface area contributed by atoms with Crippen molar-refractivity contribution < 1.29 is 0 Å². The SMILES string of the molecule is CC(C)c1ccncc1C(N)=S. The third-order valence-electron chi connectivity index (χ3n) is 1.74. The van der Waals surface area contributed by atoms with Gasteiger partial charge in [-0.1, -0.05) is 26.1 Å². The van der Waals surface area contributed by atoms with Crippen LogP contribution in [0.3, 0.4) is 0 Å². The molecule has 0 aliphatic carbocycles. The average Bonchev–Trinajstić information content (AvgIpc) is 2.04. The maximum absolute atomic E-state index is 5.54. The lowest BCUT2D eigenvalue weighted by Gasteiger charge is -2.09. The molecule has 0 amide bonds. The second kappa shape index (κ2) is 3.63. The number of nitrogens with zero attached hydrogens (tertiary/aromatic N) is 1. The standard InChI is InChI=1S/C9H12N2S/c1-6(2)7-3-4-11-5-8(7)9(10)12/h3-6H,1-2H3,(H2,10,12). The molecule has 0 fully saturated rings. The van der Waals surface area contributed by atoms with E-state index in [1.807, 2.05) is 6.07 Å². The summed E-state index contributed by atoms with van der Waals surface area (Å²) in [7, 11) is 0. The quantitative estimate of drug-likeness (QED) is 0.706. The Labute approximate surface area is 77.8 Å². The van der Waals surface area contributed by atoms with E-state index in [4.69, 9.17) is 18.0 Å². The fourth-order valence-corrected chi connectivity index (χ4v) is 1.29. The van der Waals surface area contributed by atoms with E-state index in [2.05, 4.69) is 18.8 Å². The summed E-state index contributed by atoms with van der Waals surface area (Å²) < 4.78 is 0. The molecule has 3 heteroatoms. The molecule has 1 heterocycles. The summed E-state index contributed by atoms with van der Waals surface area (Å²) in [5, 5.41) is 0. The smallest absolute Gasteiger partial charge is 0.105 e. The van der Waals surface area contributed by atoms with Crippen LogP contribution >= 0.6 is 12.2 Å². The van der Waals surface area contributed by atoms with Crippen LogP contribution in [0, 0.1) is 0 Å². The zero-order valence-electron chi connectivity index (χ0n) is 7.24. The van der Waals surface area contributed by atoms with Crippen LogP contribution in [-0.4, -0.2) is 9.97 Å². The van der Waals surface area contributed by atoms with E-state index in [0.29, 0.717) is 10.9 Å². The summed E-state index contributed by atoms with van der Waals surface area (Å²) in [5.41, 5.74) is 7.60. The Balaban J connectivity index is 3.17. The molecule has 12 heavy (non-hydrogen) atoms. The van der Waals surface area contributed by atoms with E-state index in [0.717, 1.165) is 11.1 Å². The Morgan fingerprint density at radius 1 is 1.58 bits per heavy atom. The molecule has 0 radical (unpaired) electrons. The molecular weight excluding hydrogens is 168 g/mol. The summed E-state index contributed by atoms with van der Waals surface area (Å²) in [6, 6.07) is 1.96. The van der Waals surface area contributed by atoms with Crippen molar-refractivity contribution >= 4 is 17.2 Å². The number of hydrogen-bond acceptors (Lipinski definition) is 2. The van der Waals surface area contributed by atoms with Crippen LogP contribution in [0.1, 0.15) is 30.9 Å². The number of pyridine rings is 1. The molecule has 0 saturated carbocycles. The Bertz CT molecular complexity index is 294. The molecule has 64 valence electrons. The van der Waals surface area contributed by atoms with Crippen molar-refractivity contribution in [3.05, 3.63) is 29.6 Å². The highest BCUT2D eigenvalue weighted by molar-refractivity contribution is 7.80. The molecule has 1 rings (SSSR count). The molecule has 0 atom stereocenters. The number of aromatic nitrogens is 1. The van der Waals surface area contributed by atoms with Crippen molar-refractivity contribution in [1.82, 2.24) is 4.98 Å². The fourth-order valence-electron chi connectivity index (χ4n) is 1.11. The van der Waals surface area contributed by atoms with Gasteiger partial charge in [0, 0.05) is 18.0 Å². The number of rotatable bonds is 2. The van der Waals surface area contributed by atoms with E-state index in [9.17, 15) is 0 Å². The number of nitrogens with two attached hydrogens (primary N) is 1. The minimum atomic E-state index is 0.423. The van der Waals surface area contributed by atoms with E-state index in [-0.39, 0.29) is 0 Å². The van der Waals surface area contributed by atoms with Crippen molar-refractivity contribution in [2.45, 2.75) is 19.8 Å². The predicted octanol–water partition coefficient (Wildman–Crippen LogP) is 1.84. The van der Waals surface area contributed by atoms with Crippen molar-refractivity contribution in [2.75, 3.05) is 0 Å². The second-order valence-corrected chi connectivity index (χ2v) is 3.42. The zero-order chi connectivity index (χ0) is 9.14. The van der Waals surface area contributed by atoms with Gasteiger partial charge < -0.3 is 5.73 Å². The molecule has 1 aromatic rings. The first kappa shape index (κ1) is 9.13. The highest BCUT2D eigenvalue weighted by atomic mass is 32.1. The van der Waals surface area contributed by atoms with Crippen LogP contribution in [0.4, 0.5) is 0 Å². The first-order valence-electron chi connectivity index (χ1n) is 3.86. The highest BCUT2D eigenvalue weighted by Gasteiger charge is 2.07. The van der Waals surface area contributed by atoms with Gasteiger partial charge in [0.1, 0.15) is 4.99 Å². The van der Waals surface area contributed by atoms with Gasteiger partial charge >= 0.3 is 0 Å². The monoisotopic (exact) mass is 180 g/mol. The average molecular weight is 180 g/mol. The Morgan fingerprint density at radius 2 is 2.25 bits per heavy atom. The fraction of sp³-hybridized carbons (Fsp3) is 0.333. The molecule has 0 unspecified atom stereocenters. The zero-order valence-corrected chi connectivity index (χ0v) is 8.06. The van der Waals surface area contributed by atoms with Crippen LogP contribution in [0.15, 0.2) is 18.5 Å². The van der Waals surface area contributed by atoms with Gasteiger partial charge in [-0.15, -0.1) is 0 Å². The summed E-state index contributed by atoms with van der Waals surface area (Å²) in [4.78, 5) is 4.40. The van der Waals surface area contributed by atoms with Gasteiger partial charge in [-0.3, -0.25) is 4.98 Å². The summed E-state index contributed by atoms with van der Waals surface area (Å²) >= 11 is 4.91. The summed E-state index contributed by atoms with van der Waals surface area (Å²) in [5.74, 6) is 0.435. The Hall–Kier alpha value is -0.960. The Kier molecular flexibility index (Phi) is 2.76. The minimum Gasteiger partial charge on any atom is -0.389 e. The van der Waals surface area contributed by atoms with Crippen LogP contribution < -0.4 is 5.73 Å². The molecule has 1 aromatic heterocycles. The van der Waals surface area contributed by atoms with Crippen molar-refractivity contribution in [3.8, 4) is 0 Å². The summed E-state index contributed by atoms with van der Waals surface area (Å²) in [6.07, 6.45) is 3.48. The molecule has 0 aliphatic rings. The van der Waals surface area contributed by atoms with Gasteiger partial charge in [-0.25, -0.2) is 0 Å². The van der Waals surface area contributed by atoms with Crippen molar-refractivity contribution in [3.63, 3.8) is 0 Å². The van der Waals surface area contributed by atoms with Gasteiger partial charge in [-0.05, 0) is 17.5 Å². The van der Waals surface area contributed by atoms with E-state index < -0.39 is 0 Å². The third-order valence-corrected chi connectivity index (χ3v) is 1.96. The van der Waals surface area contributed by atoms with E-state index >= 15 is 0 Å². The minimum absolute atomic E-state index is 0.423. The van der Waals surface area contributed by atoms with Gasteiger partial charge in [0.25, 0.3) is 0 Å². The van der Waals surface area contributed by atoms with Gasteiger partial charge in [0.05, 0.1) is 0 Å². The molecule has 2 nitrogen and oxygen atoms in total. The lowest BCUT2D eigenvalue weighted by Crippen LogP contribution is -2.13. The topological polar surface area (TPSA) is 38.9 Å². The number of thiocarbonyl (C=S) groups is 1. The molecule has 0 aromatic carbocycles. The highest BCUT2D eigenvalue weighted by Crippen LogP contribution is 2.17. The molecular formula is C9H12N2S. The molecule has 0 spiro atoms.